The maximum atomic E-state index is 4.27. The molecule has 15 heavy (non-hydrogen) atoms. The van der Waals surface area contributed by atoms with Crippen LogP contribution in [0.1, 0.15) is 24.6 Å². The normalized spacial score (nSPS) is 16.1. The van der Waals surface area contributed by atoms with Gasteiger partial charge in [-0.25, -0.2) is 0 Å². The van der Waals surface area contributed by atoms with Gasteiger partial charge in [-0.1, -0.05) is 6.92 Å². The van der Waals surface area contributed by atoms with Crippen molar-refractivity contribution in [2.45, 2.75) is 26.3 Å². The van der Waals surface area contributed by atoms with Gasteiger partial charge < -0.3 is 10.2 Å². The number of nitrogens with zero attached hydrogens (tertiary/aromatic N) is 3. The van der Waals surface area contributed by atoms with Gasteiger partial charge in [-0.05, 0) is 25.1 Å². The van der Waals surface area contributed by atoms with E-state index in [9.17, 15) is 0 Å². The molecule has 1 aliphatic heterocycles. The average molecular weight is 206 g/mol. The quantitative estimate of drug-likeness (QED) is 0.809. The molecule has 0 amide bonds. The first-order chi connectivity index (χ1) is 7.29. The van der Waals surface area contributed by atoms with Crippen molar-refractivity contribution in [3.63, 3.8) is 0 Å². The van der Waals surface area contributed by atoms with Crippen LogP contribution in [-0.2, 0) is 13.0 Å². The summed E-state index contributed by atoms with van der Waals surface area (Å²) in [6.45, 7) is 5.19. The van der Waals surface area contributed by atoms with E-state index < -0.39 is 0 Å². The molecule has 82 valence electrons. The molecule has 0 saturated carbocycles. The number of fused-ring (bicyclic) bond motifs is 1. The number of aromatic nitrogens is 2. The van der Waals surface area contributed by atoms with Crippen LogP contribution in [0.15, 0.2) is 6.07 Å². The Balaban J connectivity index is 2.13. The topological polar surface area (TPSA) is 41.1 Å². The van der Waals surface area contributed by atoms with Crippen molar-refractivity contribution < 1.29 is 0 Å². The fraction of sp³-hybridized carbons (Fsp3) is 0.636. The molecule has 0 aliphatic carbocycles. The third kappa shape index (κ3) is 2.45. The first kappa shape index (κ1) is 10.4. The van der Waals surface area contributed by atoms with Gasteiger partial charge in [0.15, 0.2) is 0 Å². The van der Waals surface area contributed by atoms with Gasteiger partial charge in [0.25, 0.3) is 0 Å². The zero-order chi connectivity index (χ0) is 10.7. The van der Waals surface area contributed by atoms with Crippen LogP contribution in [0.5, 0.6) is 0 Å². The van der Waals surface area contributed by atoms with E-state index in [1.807, 2.05) is 0 Å². The molecule has 1 aromatic rings. The van der Waals surface area contributed by atoms with Crippen LogP contribution >= 0.6 is 0 Å². The Hall–Kier alpha value is -1.16. The maximum Gasteiger partial charge on any atom is 0.148 e. The number of rotatable bonds is 3. The Bertz CT molecular complexity index is 337. The van der Waals surface area contributed by atoms with E-state index in [0.29, 0.717) is 0 Å². The van der Waals surface area contributed by atoms with Crippen LogP contribution < -0.4 is 5.32 Å². The summed E-state index contributed by atoms with van der Waals surface area (Å²) in [6.07, 6.45) is 2.13. The molecular formula is C11H18N4. The molecule has 4 heteroatoms. The molecular weight excluding hydrogens is 188 g/mol. The lowest BCUT2D eigenvalue weighted by Crippen LogP contribution is -2.27. The molecule has 1 aromatic heterocycles. The molecule has 0 atom stereocenters. The molecule has 0 saturated heterocycles. The second-order valence-electron chi connectivity index (χ2n) is 4.12. The van der Waals surface area contributed by atoms with Crippen molar-refractivity contribution in [2.75, 3.05) is 25.5 Å². The summed E-state index contributed by atoms with van der Waals surface area (Å²) < 4.78 is 0. The van der Waals surface area contributed by atoms with E-state index in [2.05, 4.69) is 40.5 Å². The predicted octanol–water partition coefficient (Wildman–Crippen LogP) is 1.29. The van der Waals surface area contributed by atoms with Gasteiger partial charge in [-0.3, -0.25) is 0 Å². The third-order valence-corrected chi connectivity index (χ3v) is 2.69. The van der Waals surface area contributed by atoms with Gasteiger partial charge >= 0.3 is 0 Å². The van der Waals surface area contributed by atoms with E-state index >= 15 is 0 Å². The Labute approximate surface area is 90.7 Å². The highest BCUT2D eigenvalue weighted by molar-refractivity contribution is 5.38. The minimum absolute atomic E-state index is 0.908. The standard InChI is InChI=1S/C11H18N4/c1-3-5-12-11-7-9-8-15(2)6-4-10(9)13-14-11/h7H,3-6,8H2,1-2H3,(H,12,14). The number of hydrogen-bond acceptors (Lipinski definition) is 4. The molecule has 0 bridgehead atoms. The van der Waals surface area contributed by atoms with E-state index in [-0.39, 0.29) is 0 Å². The summed E-state index contributed by atoms with van der Waals surface area (Å²) in [5.41, 5.74) is 2.48. The minimum atomic E-state index is 0.908. The lowest BCUT2D eigenvalue weighted by molar-refractivity contribution is 0.309. The minimum Gasteiger partial charge on any atom is -0.369 e. The van der Waals surface area contributed by atoms with Gasteiger partial charge in [0.2, 0.25) is 0 Å². The maximum absolute atomic E-state index is 4.27. The van der Waals surface area contributed by atoms with Crippen molar-refractivity contribution in [3.8, 4) is 0 Å². The number of likely N-dealkylation sites (N-methyl/N-ethyl adjacent to an activating group) is 1. The van der Waals surface area contributed by atoms with Gasteiger partial charge in [-0.2, -0.15) is 5.10 Å². The monoisotopic (exact) mass is 206 g/mol. The summed E-state index contributed by atoms with van der Waals surface area (Å²) in [4.78, 5) is 2.31. The summed E-state index contributed by atoms with van der Waals surface area (Å²) in [6, 6.07) is 2.13. The summed E-state index contributed by atoms with van der Waals surface area (Å²) in [7, 11) is 2.14. The fourth-order valence-electron chi connectivity index (χ4n) is 1.81. The molecule has 0 radical (unpaired) electrons. The molecule has 1 N–H and O–H groups in total. The first-order valence-corrected chi connectivity index (χ1v) is 5.57. The van der Waals surface area contributed by atoms with Crippen LogP contribution in [0.3, 0.4) is 0 Å². The van der Waals surface area contributed by atoms with Crippen molar-refractivity contribution >= 4 is 5.82 Å². The predicted molar refractivity (Wildman–Crippen MR) is 60.9 cm³/mol. The number of hydrogen-bond donors (Lipinski definition) is 1. The van der Waals surface area contributed by atoms with Gasteiger partial charge in [-0.15, -0.1) is 5.10 Å². The van der Waals surface area contributed by atoms with Crippen LogP contribution in [0.25, 0.3) is 0 Å². The molecule has 2 heterocycles. The lowest BCUT2D eigenvalue weighted by atomic mass is 10.1. The zero-order valence-electron chi connectivity index (χ0n) is 9.45. The van der Waals surface area contributed by atoms with Crippen LogP contribution in [0.4, 0.5) is 5.82 Å². The smallest absolute Gasteiger partial charge is 0.148 e. The highest BCUT2D eigenvalue weighted by Crippen LogP contribution is 2.17. The third-order valence-electron chi connectivity index (χ3n) is 2.69. The molecule has 1 aliphatic rings. The Morgan fingerprint density at radius 1 is 1.47 bits per heavy atom. The van der Waals surface area contributed by atoms with Gasteiger partial charge in [0.1, 0.15) is 5.82 Å². The highest BCUT2D eigenvalue weighted by atomic mass is 15.2. The summed E-state index contributed by atoms with van der Waals surface area (Å²) in [5.74, 6) is 0.908. The van der Waals surface area contributed by atoms with Gasteiger partial charge in [0, 0.05) is 26.1 Å². The van der Waals surface area contributed by atoms with E-state index in [1.54, 1.807) is 0 Å². The van der Waals surface area contributed by atoms with E-state index in [0.717, 1.165) is 44.0 Å². The molecule has 0 unspecified atom stereocenters. The Morgan fingerprint density at radius 3 is 3.13 bits per heavy atom. The number of anilines is 1. The Kier molecular flexibility index (Phi) is 3.16. The van der Waals surface area contributed by atoms with Crippen LogP contribution in [-0.4, -0.2) is 35.2 Å². The molecule has 0 aromatic carbocycles. The van der Waals surface area contributed by atoms with Gasteiger partial charge in [0.05, 0.1) is 5.69 Å². The number of nitrogens with one attached hydrogen (secondary N) is 1. The van der Waals surface area contributed by atoms with E-state index in [1.165, 1.54) is 5.56 Å². The van der Waals surface area contributed by atoms with Crippen molar-refractivity contribution in [2.24, 2.45) is 0 Å². The largest absolute Gasteiger partial charge is 0.369 e. The molecule has 0 spiro atoms. The SMILES string of the molecule is CCCNc1cc2c(nn1)CCN(C)C2. The Morgan fingerprint density at radius 2 is 2.33 bits per heavy atom. The average Bonchev–Trinajstić information content (AvgIpc) is 2.25. The highest BCUT2D eigenvalue weighted by Gasteiger charge is 2.15. The zero-order valence-corrected chi connectivity index (χ0v) is 9.45. The fourth-order valence-corrected chi connectivity index (χ4v) is 1.81. The summed E-state index contributed by atoms with van der Waals surface area (Å²) >= 11 is 0. The lowest BCUT2D eigenvalue weighted by Gasteiger charge is -2.23. The van der Waals surface area contributed by atoms with Crippen molar-refractivity contribution in [1.29, 1.82) is 0 Å². The van der Waals surface area contributed by atoms with Crippen molar-refractivity contribution in [3.05, 3.63) is 17.3 Å². The second-order valence-corrected chi connectivity index (χ2v) is 4.12. The van der Waals surface area contributed by atoms with Crippen LogP contribution in [0, 0.1) is 0 Å². The first-order valence-electron chi connectivity index (χ1n) is 5.57. The molecule has 4 nitrogen and oxygen atoms in total. The second kappa shape index (κ2) is 4.57. The van der Waals surface area contributed by atoms with Crippen molar-refractivity contribution in [1.82, 2.24) is 15.1 Å². The molecule has 2 rings (SSSR count). The van der Waals surface area contributed by atoms with E-state index in [4.69, 9.17) is 0 Å². The van der Waals surface area contributed by atoms with Crippen LogP contribution in [0.2, 0.25) is 0 Å². The summed E-state index contributed by atoms with van der Waals surface area (Å²) in [5, 5.41) is 11.7. The molecule has 0 fully saturated rings.